The van der Waals surface area contributed by atoms with Gasteiger partial charge in [-0.15, -0.1) is 0 Å². The molecular formula is C19H23N3O. The molecule has 1 heterocycles. The van der Waals surface area contributed by atoms with Crippen molar-refractivity contribution in [3.05, 3.63) is 53.3 Å². The highest BCUT2D eigenvalue weighted by molar-refractivity contribution is 5.92. The molecule has 23 heavy (non-hydrogen) atoms. The van der Waals surface area contributed by atoms with Crippen LogP contribution in [-0.4, -0.2) is 16.9 Å². The van der Waals surface area contributed by atoms with Gasteiger partial charge >= 0.3 is 0 Å². The van der Waals surface area contributed by atoms with Crippen LogP contribution in [0, 0.1) is 13.8 Å². The van der Waals surface area contributed by atoms with Gasteiger partial charge in [0.1, 0.15) is 5.69 Å². The van der Waals surface area contributed by atoms with Crippen LogP contribution < -0.4 is 10.6 Å². The first-order valence-electron chi connectivity index (χ1n) is 8.23. The molecule has 0 spiro atoms. The summed E-state index contributed by atoms with van der Waals surface area (Å²) in [5.41, 5.74) is 4.89. The molecule has 1 aromatic heterocycles. The molecular weight excluding hydrogens is 286 g/mol. The van der Waals surface area contributed by atoms with Gasteiger partial charge in [0, 0.05) is 11.7 Å². The highest BCUT2D eigenvalue weighted by atomic mass is 16.1. The Morgan fingerprint density at radius 2 is 1.91 bits per heavy atom. The molecule has 1 fully saturated rings. The van der Waals surface area contributed by atoms with Crippen molar-refractivity contribution in [2.75, 3.05) is 5.32 Å². The third kappa shape index (κ3) is 3.70. The Morgan fingerprint density at radius 1 is 1.13 bits per heavy atom. The summed E-state index contributed by atoms with van der Waals surface area (Å²) in [5, 5.41) is 6.42. The Morgan fingerprint density at radius 3 is 2.61 bits per heavy atom. The average molecular weight is 309 g/mol. The van der Waals surface area contributed by atoms with Crippen LogP contribution in [0.25, 0.3) is 0 Å². The van der Waals surface area contributed by atoms with E-state index in [2.05, 4.69) is 35.5 Å². The molecule has 2 aromatic rings. The summed E-state index contributed by atoms with van der Waals surface area (Å²) in [4.78, 5) is 16.5. The monoisotopic (exact) mass is 309 g/mol. The number of carbonyl (C=O) groups is 1. The zero-order chi connectivity index (χ0) is 16.2. The number of aryl methyl sites for hydroxylation is 1. The molecule has 1 aliphatic rings. The van der Waals surface area contributed by atoms with Gasteiger partial charge in [-0.1, -0.05) is 25.0 Å². The third-order valence-corrected chi connectivity index (χ3v) is 4.57. The molecule has 1 aromatic carbocycles. The Bertz CT molecular complexity index is 688. The normalized spacial score (nSPS) is 14.7. The van der Waals surface area contributed by atoms with E-state index in [0.29, 0.717) is 11.7 Å². The zero-order valence-corrected chi connectivity index (χ0v) is 13.7. The summed E-state index contributed by atoms with van der Waals surface area (Å²) < 4.78 is 0. The quantitative estimate of drug-likeness (QED) is 0.893. The van der Waals surface area contributed by atoms with E-state index < -0.39 is 0 Å². The minimum absolute atomic E-state index is 0.0739. The zero-order valence-electron chi connectivity index (χ0n) is 13.7. The second kappa shape index (κ2) is 6.82. The first kappa shape index (κ1) is 15.5. The minimum Gasteiger partial charge on any atom is -0.354 e. The van der Waals surface area contributed by atoms with Crippen molar-refractivity contribution in [3.63, 3.8) is 0 Å². The van der Waals surface area contributed by atoms with Gasteiger partial charge in [-0.25, -0.2) is 4.98 Å². The van der Waals surface area contributed by atoms with E-state index >= 15 is 0 Å². The fourth-order valence-corrected chi connectivity index (χ4v) is 2.97. The number of pyridine rings is 1. The summed E-state index contributed by atoms with van der Waals surface area (Å²) in [6, 6.07) is 10.2. The molecule has 0 bridgehead atoms. The smallest absolute Gasteiger partial charge is 0.270 e. The van der Waals surface area contributed by atoms with Crippen molar-refractivity contribution in [3.8, 4) is 0 Å². The number of carbonyl (C=O) groups excluding carboxylic acids is 1. The van der Waals surface area contributed by atoms with Gasteiger partial charge in [-0.2, -0.15) is 0 Å². The topological polar surface area (TPSA) is 54.0 Å². The molecule has 1 aliphatic carbocycles. The van der Waals surface area contributed by atoms with Gasteiger partial charge in [0.2, 0.25) is 0 Å². The molecule has 0 aliphatic heterocycles. The second-order valence-corrected chi connectivity index (χ2v) is 6.26. The molecule has 0 saturated heterocycles. The standard InChI is InChI=1S/C19H23N3O/c1-13-6-5-9-17(14(13)2)21-16-10-11-18(20-12-16)19(23)22-15-7-3-4-8-15/h5-6,9-12,15,21H,3-4,7-8H2,1-2H3,(H,22,23). The van der Waals surface area contributed by atoms with Crippen LogP contribution >= 0.6 is 0 Å². The fourth-order valence-electron chi connectivity index (χ4n) is 2.97. The van der Waals surface area contributed by atoms with Crippen molar-refractivity contribution in [2.45, 2.75) is 45.6 Å². The Kier molecular flexibility index (Phi) is 4.60. The van der Waals surface area contributed by atoms with Crippen molar-refractivity contribution in [1.82, 2.24) is 10.3 Å². The maximum Gasteiger partial charge on any atom is 0.270 e. The molecule has 3 rings (SSSR count). The predicted octanol–water partition coefficient (Wildman–Crippen LogP) is 4.11. The van der Waals surface area contributed by atoms with E-state index in [1.54, 1.807) is 12.3 Å². The molecule has 1 amide bonds. The summed E-state index contributed by atoms with van der Waals surface area (Å²) in [6.07, 6.45) is 6.29. The number of anilines is 2. The Hall–Kier alpha value is -2.36. The first-order valence-corrected chi connectivity index (χ1v) is 8.23. The lowest BCUT2D eigenvalue weighted by atomic mass is 10.1. The van der Waals surface area contributed by atoms with E-state index in [4.69, 9.17) is 0 Å². The average Bonchev–Trinajstić information content (AvgIpc) is 3.05. The highest BCUT2D eigenvalue weighted by Crippen LogP contribution is 2.22. The second-order valence-electron chi connectivity index (χ2n) is 6.26. The molecule has 4 heteroatoms. The summed E-state index contributed by atoms with van der Waals surface area (Å²) >= 11 is 0. The van der Waals surface area contributed by atoms with Crippen LogP contribution in [0.15, 0.2) is 36.5 Å². The van der Waals surface area contributed by atoms with Crippen molar-refractivity contribution < 1.29 is 4.79 Å². The van der Waals surface area contributed by atoms with Crippen LogP contribution in [0.5, 0.6) is 0 Å². The van der Waals surface area contributed by atoms with Crippen LogP contribution in [0.1, 0.15) is 47.3 Å². The van der Waals surface area contributed by atoms with Gasteiger partial charge in [0.25, 0.3) is 5.91 Å². The van der Waals surface area contributed by atoms with Crippen LogP contribution in [-0.2, 0) is 0 Å². The van der Waals surface area contributed by atoms with Crippen LogP contribution in [0.2, 0.25) is 0 Å². The van der Waals surface area contributed by atoms with E-state index in [-0.39, 0.29) is 5.91 Å². The highest BCUT2D eigenvalue weighted by Gasteiger charge is 2.18. The molecule has 0 unspecified atom stereocenters. The number of rotatable bonds is 4. The lowest BCUT2D eigenvalue weighted by molar-refractivity contribution is 0.0933. The SMILES string of the molecule is Cc1cccc(Nc2ccc(C(=O)NC3CCCC3)nc2)c1C. The molecule has 1 saturated carbocycles. The number of nitrogens with one attached hydrogen (secondary N) is 2. The van der Waals surface area contributed by atoms with Gasteiger partial charge < -0.3 is 10.6 Å². The van der Waals surface area contributed by atoms with E-state index in [1.807, 2.05) is 18.2 Å². The van der Waals surface area contributed by atoms with Gasteiger partial charge in [0.15, 0.2) is 0 Å². The molecule has 2 N–H and O–H groups in total. The molecule has 120 valence electrons. The van der Waals surface area contributed by atoms with Gasteiger partial charge in [-0.3, -0.25) is 4.79 Å². The number of nitrogens with zero attached hydrogens (tertiary/aromatic N) is 1. The number of hydrogen-bond acceptors (Lipinski definition) is 3. The molecule has 0 radical (unpaired) electrons. The lowest BCUT2D eigenvalue weighted by Crippen LogP contribution is -2.33. The molecule has 4 nitrogen and oxygen atoms in total. The maximum atomic E-state index is 12.2. The lowest BCUT2D eigenvalue weighted by Gasteiger charge is -2.13. The summed E-state index contributed by atoms with van der Waals surface area (Å²) in [6.45, 7) is 4.18. The van der Waals surface area contributed by atoms with Crippen LogP contribution in [0.4, 0.5) is 11.4 Å². The Balaban J connectivity index is 1.66. The number of aromatic nitrogens is 1. The van der Waals surface area contributed by atoms with Crippen molar-refractivity contribution in [2.24, 2.45) is 0 Å². The van der Waals surface area contributed by atoms with E-state index in [9.17, 15) is 4.79 Å². The number of hydrogen-bond donors (Lipinski definition) is 2. The third-order valence-electron chi connectivity index (χ3n) is 4.57. The van der Waals surface area contributed by atoms with Crippen molar-refractivity contribution in [1.29, 1.82) is 0 Å². The Labute approximate surface area is 137 Å². The molecule has 0 atom stereocenters. The van der Waals surface area contributed by atoms with Gasteiger partial charge in [-0.05, 0) is 56.0 Å². The van der Waals surface area contributed by atoms with Crippen LogP contribution in [0.3, 0.4) is 0 Å². The van der Waals surface area contributed by atoms with E-state index in [0.717, 1.165) is 24.2 Å². The summed E-state index contributed by atoms with van der Waals surface area (Å²) in [7, 11) is 0. The largest absolute Gasteiger partial charge is 0.354 e. The maximum absolute atomic E-state index is 12.2. The van der Waals surface area contributed by atoms with Gasteiger partial charge in [0.05, 0.1) is 11.9 Å². The predicted molar refractivity (Wildman–Crippen MR) is 93.2 cm³/mol. The first-order chi connectivity index (χ1) is 11.1. The number of amides is 1. The summed E-state index contributed by atoms with van der Waals surface area (Å²) in [5.74, 6) is -0.0739. The minimum atomic E-state index is -0.0739. The fraction of sp³-hybridized carbons (Fsp3) is 0.368. The van der Waals surface area contributed by atoms with E-state index in [1.165, 1.54) is 24.0 Å². The van der Waals surface area contributed by atoms with Crippen molar-refractivity contribution >= 4 is 17.3 Å². The number of benzene rings is 1.